The van der Waals surface area contributed by atoms with Gasteiger partial charge < -0.3 is 9.52 Å². The van der Waals surface area contributed by atoms with Gasteiger partial charge >= 0.3 is 5.97 Å². The summed E-state index contributed by atoms with van der Waals surface area (Å²) in [5.41, 5.74) is 0. The molecule has 0 aliphatic heterocycles. The monoisotopic (exact) mass is 327 g/mol. The second-order valence-corrected chi connectivity index (χ2v) is 5.06. The number of nitro groups is 1. The van der Waals surface area contributed by atoms with Crippen molar-refractivity contribution in [1.29, 1.82) is 0 Å². The zero-order valence-corrected chi connectivity index (χ0v) is 11.3. The van der Waals surface area contributed by atoms with Crippen LogP contribution < -0.4 is 0 Å². The number of aliphatic carboxylic acids is 1. The predicted octanol–water partition coefficient (Wildman–Crippen LogP) is 3.03. The highest BCUT2D eigenvalue weighted by atomic mass is 79.9. The van der Waals surface area contributed by atoms with Crippen molar-refractivity contribution >= 4 is 32.7 Å². The van der Waals surface area contributed by atoms with Crippen LogP contribution >= 0.6 is 15.9 Å². The minimum absolute atomic E-state index is 0.334. The van der Waals surface area contributed by atoms with Gasteiger partial charge in [0.2, 0.25) is 6.54 Å². The third-order valence-corrected chi connectivity index (χ3v) is 3.25. The molecular weight excluding hydrogens is 318 g/mol. The number of carboxylic acids is 1. The molecule has 0 saturated heterocycles. The summed E-state index contributed by atoms with van der Waals surface area (Å²) < 4.78 is 6.20. The standard InChI is InChI=1S/C12H10BrNO5/c13-9-1-2-10-8(3-9)6-19-12(10)7(4-11(15)16)5-14(17)18/h1-3,6-7H,4-5H2,(H,15,16). The number of carbonyl (C=O) groups is 1. The first-order valence-corrected chi connectivity index (χ1v) is 6.27. The van der Waals surface area contributed by atoms with Crippen LogP contribution in [0.15, 0.2) is 33.4 Å². The molecule has 1 N–H and O–H groups in total. The van der Waals surface area contributed by atoms with Crippen LogP contribution in [-0.2, 0) is 4.79 Å². The smallest absolute Gasteiger partial charge is 0.304 e. The molecule has 19 heavy (non-hydrogen) atoms. The number of carboxylic acid groups (broad SMARTS) is 1. The average Bonchev–Trinajstić information content (AvgIpc) is 2.69. The van der Waals surface area contributed by atoms with Gasteiger partial charge in [0.05, 0.1) is 18.6 Å². The molecule has 2 rings (SSSR count). The lowest BCUT2D eigenvalue weighted by Gasteiger charge is -2.07. The number of rotatable bonds is 5. The summed E-state index contributed by atoms with van der Waals surface area (Å²) in [6, 6.07) is 5.35. The van der Waals surface area contributed by atoms with Gasteiger partial charge in [0, 0.05) is 20.2 Å². The fourth-order valence-electron chi connectivity index (χ4n) is 1.99. The van der Waals surface area contributed by atoms with Crippen LogP contribution in [0.25, 0.3) is 10.8 Å². The van der Waals surface area contributed by atoms with Gasteiger partial charge in [-0.2, -0.15) is 0 Å². The van der Waals surface area contributed by atoms with Gasteiger partial charge in [0.15, 0.2) is 0 Å². The van der Waals surface area contributed by atoms with Crippen molar-refractivity contribution in [3.63, 3.8) is 0 Å². The number of nitrogens with zero attached hydrogens (tertiary/aromatic N) is 1. The van der Waals surface area contributed by atoms with E-state index in [1.54, 1.807) is 12.1 Å². The summed E-state index contributed by atoms with van der Waals surface area (Å²) in [4.78, 5) is 20.9. The molecule has 1 aromatic carbocycles. The minimum Gasteiger partial charge on any atom is -0.481 e. The fraction of sp³-hybridized carbons (Fsp3) is 0.250. The molecular formula is C12H10BrNO5. The highest BCUT2D eigenvalue weighted by molar-refractivity contribution is 9.10. The third kappa shape index (κ3) is 3.11. The van der Waals surface area contributed by atoms with E-state index in [4.69, 9.17) is 9.52 Å². The highest BCUT2D eigenvalue weighted by Crippen LogP contribution is 2.31. The Morgan fingerprint density at radius 1 is 1.53 bits per heavy atom. The Bertz CT molecular complexity index is 620. The molecule has 6 nitrogen and oxygen atoms in total. The van der Waals surface area contributed by atoms with Crippen LogP contribution in [-0.4, -0.2) is 22.5 Å². The SMILES string of the molecule is O=C(O)CC(C[N+](=O)[O-])c1occ2cc(Br)ccc12. The summed E-state index contributed by atoms with van der Waals surface area (Å²) in [6.45, 7) is -0.467. The number of halogens is 1. The average molecular weight is 328 g/mol. The van der Waals surface area contributed by atoms with Crippen LogP contribution in [0.2, 0.25) is 0 Å². The van der Waals surface area contributed by atoms with Crippen molar-refractivity contribution < 1.29 is 19.2 Å². The van der Waals surface area contributed by atoms with Gasteiger partial charge in [-0.15, -0.1) is 0 Å². The fourth-order valence-corrected chi connectivity index (χ4v) is 2.37. The van der Waals surface area contributed by atoms with Gasteiger partial charge in [0.1, 0.15) is 5.76 Å². The quantitative estimate of drug-likeness (QED) is 0.672. The first kappa shape index (κ1) is 13.5. The molecule has 0 radical (unpaired) electrons. The van der Waals surface area contributed by atoms with Gasteiger partial charge in [-0.05, 0) is 18.2 Å². The normalized spacial score (nSPS) is 12.5. The van der Waals surface area contributed by atoms with Crippen molar-refractivity contribution in [3.8, 4) is 0 Å². The van der Waals surface area contributed by atoms with E-state index in [0.717, 1.165) is 9.86 Å². The molecule has 0 bridgehead atoms. The second kappa shape index (κ2) is 5.40. The zero-order chi connectivity index (χ0) is 14.0. The Kier molecular flexibility index (Phi) is 3.84. The molecule has 2 aromatic rings. The Balaban J connectivity index is 2.43. The lowest BCUT2D eigenvalue weighted by atomic mass is 9.99. The Labute approximate surface area is 116 Å². The van der Waals surface area contributed by atoms with E-state index >= 15 is 0 Å². The molecule has 0 spiro atoms. The molecule has 0 fully saturated rings. The lowest BCUT2D eigenvalue weighted by Crippen LogP contribution is -2.15. The Morgan fingerprint density at radius 2 is 2.26 bits per heavy atom. The summed E-state index contributed by atoms with van der Waals surface area (Å²) in [6.07, 6.45) is 1.14. The molecule has 1 unspecified atom stereocenters. The summed E-state index contributed by atoms with van der Waals surface area (Å²) in [5, 5.41) is 21.0. The van der Waals surface area contributed by atoms with E-state index in [1.807, 2.05) is 6.07 Å². The summed E-state index contributed by atoms with van der Waals surface area (Å²) in [7, 11) is 0. The largest absolute Gasteiger partial charge is 0.481 e. The van der Waals surface area contributed by atoms with Crippen molar-refractivity contribution in [3.05, 3.63) is 44.8 Å². The maximum Gasteiger partial charge on any atom is 0.304 e. The molecule has 1 atom stereocenters. The van der Waals surface area contributed by atoms with E-state index in [0.29, 0.717) is 11.1 Å². The first-order valence-electron chi connectivity index (χ1n) is 5.47. The van der Waals surface area contributed by atoms with Crippen LogP contribution in [0.3, 0.4) is 0 Å². The number of hydrogen-bond acceptors (Lipinski definition) is 4. The predicted molar refractivity (Wildman–Crippen MR) is 70.8 cm³/mol. The molecule has 7 heteroatoms. The maximum absolute atomic E-state index is 10.8. The van der Waals surface area contributed by atoms with Gasteiger partial charge in [-0.25, -0.2) is 0 Å². The van der Waals surface area contributed by atoms with E-state index in [1.165, 1.54) is 6.26 Å². The molecule has 0 saturated carbocycles. The molecule has 1 heterocycles. The minimum atomic E-state index is -1.09. The van der Waals surface area contributed by atoms with E-state index in [2.05, 4.69) is 15.9 Å². The van der Waals surface area contributed by atoms with Crippen molar-refractivity contribution in [2.75, 3.05) is 6.54 Å². The van der Waals surface area contributed by atoms with Gasteiger partial charge in [-0.3, -0.25) is 14.9 Å². The lowest BCUT2D eigenvalue weighted by molar-refractivity contribution is -0.483. The molecule has 0 aliphatic rings. The third-order valence-electron chi connectivity index (χ3n) is 2.75. The van der Waals surface area contributed by atoms with Gasteiger partial charge in [-0.1, -0.05) is 15.9 Å². The number of benzene rings is 1. The first-order chi connectivity index (χ1) is 8.97. The second-order valence-electron chi connectivity index (χ2n) is 4.14. The topological polar surface area (TPSA) is 93.6 Å². The maximum atomic E-state index is 10.8. The summed E-state index contributed by atoms with van der Waals surface area (Å²) >= 11 is 3.32. The number of fused-ring (bicyclic) bond motifs is 1. The van der Waals surface area contributed by atoms with Crippen LogP contribution in [0.1, 0.15) is 18.1 Å². The van der Waals surface area contributed by atoms with E-state index in [9.17, 15) is 14.9 Å². The Hall–Kier alpha value is -1.89. The summed E-state index contributed by atoms with van der Waals surface area (Å²) in [5.74, 6) is -1.51. The van der Waals surface area contributed by atoms with Crippen LogP contribution in [0.4, 0.5) is 0 Å². The Morgan fingerprint density at radius 3 is 2.89 bits per heavy atom. The number of hydrogen-bond donors (Lipinski definition) is 1. The number of furan rings is 1. The van der Waals surface area contributed by atoms with Crippen molar-refractivity contribution in [2.24, 2.45) is 0 Å². The molecule has 1 aromatic heterocycles. The van der Waals surface area contributed by atoms with Crippen molar-refractivity contribution in [2.45, 2.75) is 12.3 Å². The van der Waals surface area contributed by atoms with Crippen LogP contribution in [0.5, 0.6) is 0 Å². The highest BCUT2D eigenvalue weighted by Gasteiger charge is 2.26. The van der Waals surface area contributed by atoms with E-state index < -0.39 is 23.4 Å². The van der Waals surface area contributed by atoms with E-state index in [-0.39, 0.29) is 6.42 Å². The van der Waals surface area contributed by atoms with Crippen molar-refractivity contribution in [1.82, 2.24) is 0 Å². The zero-order valence-electron chi connectivity index (χ0n) is 9.71. The molecule has 100 valence electrons. The molecule has 0 aliphatic carbocycles. The molecule has 0 amide bonds. The van der Waals surface area contributed by atoms with Gasteiger partial charge in [0.25, 0.3) is 0 Å². The van der Waals surface area contributed by atoms with Crippen LogP contribution in [0, 0.1) is 10.1 Å².